The van der Waals surface area contributed by atoms with Crippen LogP contribution in [0.5, 0.6) is 0 Å². The lowest BCUT2D eigenvalue weighted by molar-refractivity contribution is 0.334. The minimum absolute atomic E-state index is 0.0283. The number of rotatable bonds is 9. The van der Waals surface area contributed by atoms with Crippen molar-refractivity contribution in [3.8, 4) is 0 Å². The average Bonchev–Trinajstić information content (AvgIpc) is 2.65. The second-order valence-electron chi connectivity index (χ2n) is 7.01. The average molecular weight is 379 g/mol. The van der Waals surface area contributed by atoms with Gasteiger partial charge < -0.3 is 4.18 Å². The molecular weight excluding hydrogens is 336 g/mol. The Hall–Kier alpha value is -0.990. The topological polar surface area (TPSA) is 9.23 Å². The monoisotopic (exact) mass is 378 g/mol. The Kier molecular flexibility index (Phi) is 12.7. The van der Waals surface area contributed by atoms with Crippen LogP contribution in [0.4, 0.5) is 0 Å². The highest BCUT2D eigenvalue weighted by Crippen LogP contribution is 2.71. The van der Waals surface area contributed by atoms with Crippen LogP contribution >= 0.6 is 10.3 Å². The predicted molar refractivity (Wildman–Crippen MR) is 122 cm³/mol. The lowest BCUT2D eigenvalue weighted by atomic mass is 10.3. The molecule has 0 bridgehead atoms. The first-order chi connectivity index (χ1) is 12.4. The van der Waals surface area contributed by atoms with Gasteiger partial charge in [0.1, 0.15) is 0 Å². The zero-order chi connectivity index (χ0) is 20.1. The Balaban J connectivity index is 0.00000301. The summed E-state index contributed by atoms with van der Waals surface area (Å²) in [5.74, 6) is 0. The minimum Gasteiger partial charge on any atom is -0.328 e. The zero-order valence-corrected chi connectivity index (χ0v) is 19.3. The number of hydrogen-bond acceptors (Lipinski definition) is 1. The maximum atomic E-state index is 6.80. The van der Waals surface area contributed by atoms with Gasteiger partial charge in [0.05, 0.1) is 6.61 Å². The number of benzene rings is 1. The summed E-state index contributed by atoms with van der Waals surface area (Å²) in [7, 11) is -1.56. The van der Waals surface area contributed by atoms with Crippen molar-refractivity contribution < 1.29 is 4.18 Å². The van der Waals surface area contributed by atoms with Crippen LogP contribution in [0, 0.1) is 0 Å². The summed E-state index contributed by atoms with van der Waals surface area (Å²) < 4.78 is 6.82. The third-order valence-electron chi connectivity index (χ3n) is 4.08. The molecule has 0 aliphatic carbocycles. The van der Waals surface area contributed by atoms with Crippen LogP contribution in [-0.4, -0.2) is 11.4 Å². The van der Waals surface area contributed by atoms with Gasteiger partial charge in [-0.15, -0.1) is 0 Å². The van der Waals surface area contributed by atoms with E-state index in [0.29, 0.717) is 0 Å². The maximum absolute atomic E-state index is 6.80. The maximum Gasteiger partial charge on any atom is 0.0601 e. The first kappa shape index (κ1) is 25.0. The first-order valence-electron chi connectivity index (χ1n) is 10.3. The Morgan fingerprint density at radius 2 is 1.65 bits per heavy atom. The van der Waals surface area contributed by atoms with Crippen LogP contribution in [0.2, 0.25) is 0 Å². The van der Waals surface area contributed by atoms with Crippen molar-refractivity contribution in [2.75, 3.05) is 6.61 Å². The summed E-state index contributed by atoms with van der Waals surface area (Å²) in [6.45, 7) is 18.3. The molecule has 1 aromatic rings. The van der Waals surface area contributed by atoms with Crippen LogP contribution in [0.25, 0.3) is 0 Å². The van der Waals surface area contributed by atoms with Crippen LogP contribution in [0.1, 0.15) is 81.1 Å². The van der Waals surface area contributed by atoms with Crippen LogP contribution in [-0.2, 0) is 4.18 Å². The van der Waals surface area contributed by atoms with Crippen molar-refractivity contribution in [1.82, 2.24) is 0 Å². The summed E-state index contributed by atoms with van der Waals surface area (Å²) in [6, 6.07) is 10.8. The Bertz CT molecular complexity index is 525. The Labute approximate surface area is 165 Å². The fourth-order valence-electron chi connectivity index (χ4n) is 2.90. The molecule has 0 heterocycles. The van der Waals surface area contributed by atoms with E-state index in [4.69, 9.17) is 4.18 Å². The summed E-state index contributed by atoms with van der Waals surface area (Å²) >= 11 is 0. The highest BCUT2D eigenvalue weighted by molar-refractivity contribution is 8.34. The summed E-state index contributed by atoms with van der Waals surface area (Å²) in [5, 5.41) is 0. The second kappa shape index (κ2) is 13.2. The van der Waals surface area contributed by atoms with E-state index in [-0.39, 0.29) is 4.75 Å². The molecule has 2 heteroatoms. The molecule has 1 aromatic carbocycles. The molecule has 0 spiro atoms. The van der Waals surface area contributed by atoms with Gasteiger partial charge in [0.25, 0.3) is 0 Å². The standard InChI is InChI=1S/C22H36OS.C2H6/c1-7-10-15-19-23-24(22(4,5)6,20(9-3)16-11-8-2)21-17-13-12-14-18-21;1-2/h9,11-14,16-18H,7-8,10,15,19H2,1-6H3;1-2H3/b16-11-,20-9+;. The fraction of sp³-hybridized carbons (Fsp3) is 0.583. The smallest absolute Gasteiger partial charge is 0.0601 e. The molecule has 1 unspecified atom stereocenters. The van der Waals surface area contributed by atoms with E-state index in [0.717, 1.165) is 19.4 Å². The highest BCUT2D eigenvalue weighted by Gasteiger charge is 2.41. The third kappa shape index (κ3) is 6.63. The number of unbranched alkanes of at least 4 members (excludes halogenated alkanes) is 2. The molecule has 0 aliphatic rings. The van der Waals surface area contributed by atoms with Gasteiger partial charge >= 0.3 is 0 Å². The lowest BCUT2D eigenvalue weighted by Crippen LogP contribution is -2.28. The Morgan fingerprint density at radius 1 is 1.04 bits per heavy atom. The molecule has 0 saturated heterocycles. The fourth-order valence-corrected chi connectivity index (χ4v) is 6.74. The molecule has 0 aliphatic heterocycles. The molecule has 1 atom stereocenters. The normalized spacial score (nSPS) is 15.9. The van der Waals surface area contributed by atoms with Crippen molar-refractivity contribution in [2.24, 2.45) is 0 Å². The number of hydrogen-bond donors (Lipinski definition) is 0. The van der Waals surface area contributed by atoms with E-state index < -0.39 is 10.3 Å². The lowest BCUT2D eigenvalue weighted by Gasteiger charge is -2.51. The predicted octanol–water partition coefficient (Wildman–Crippen LogP) is 8.67. The van der Waals surface area contributed by atoms with E-state index in [1.165, 1.54) is 22.6 Å². The van der Waals surface area contributed by atoms with E-state index in [2.05, 4.69) is 90.1 Å². The van der Waals surface area contributed by atoms with Gasteiger partial charge in [-0.25, -0.2) is 0 Å². The van der Waals surface area contributed by atoms with Gasteiger partial charge in [0.15, 0.2) is 0 Å². The van der Waals surface area contributed by atoms with Crippen molar-refractivity contribution in [1.29, 1.82) is 0 Å². The SMILES string of the molecule is C/C=C(\C=C/CC)S(OCCCCC)(c1ccccc1)C(C)(C)C.CC. The van der Waals surface area contributed by atoms with Crippen LogP contribution < -0.4 is 0 Å². The Morgan fingerprint density at radius 3 is 2.12 bits per heavy atom. The van der Waals surface area contributed by atoms with Crippen LogP contribution in [0.15, 0.2) is 58.4 Å². The van der Waals surface area contributed by atoms with Gasteiger partial charge in [-0.3, -0.25) is 0 Å². The molecule has 0 saturated carbocycles. The molecule has 0 N–H and O–H groups in total. The van der Waals surface area contributed by atoms with Gasteiger partial charge in [0, 0.05) is 14.5 Å². The summed E-state index contributed by atoms with van der Waals surface area (Å²) in [6.07, 6.45) is 11.4. The molecule has 0 aromatic heterocycles. The highest BCUT2D eigenvalue weighted by atomic mass is 32.3. The second-order valence-corrected chi connectivity index (χ2v) is 10.5. The van der Waals surface area contributed by atoms with Gasteiger partial charge in [-0.05, 0) is 52.7 Å². The van der Waals surface area contributed by atoms with Crippen molar-refractivity contribution in [2.45, 2.75) is 90.7 Å². The van der Waals surface area contributed by atoms with Gasteiger partial charge in [-0.1, -0.05) is 87.3 Å². The summed E-state index contributed by atoms with van der Waals surface area (Å²) in [4.78, 5) is 2.66. The van der Waals surface area contributed by atoms with Gasteiger partial charge in [0.2, 0.25) is 0 Å². The van der Waals surface area contributed by atoms with Crippen molar-refractivity contribution in [3.63, 3.8) is 0 Å². The largest absolute Gasteiger partial charge is 0.328 e. The zero-order valence-electron chi connectivity index (χ0n) is 18.5. The van der Waals surface area contributed by atoms with Crippen molar-refractivity contribution in [3.05, 3.63) is 53.5 Å². The third-order valence-corrected chi connectivity index (χ3v) is 8.30. The minimum atomic E-state index is -1.56. The quantitative estimate of drug-likeness (QED) is 0.308. The first-order valence-corrected chi connectivity index (χ1v) is 11.8. The van der Waals surface area contributed by atoms with E-state index in [9.17, 15) is 0 Å². The molecule has 26 heavy (non-hydrogen) atoms. The molecule has 150 valence electrons. The van der Waals surface area contributed by atoms with E-state index in [1.807, 2.05) is 13.8 Å². The molecule has 0 amide bonds. The van der Waals surface area contributed by atoms with Crippen LogP contribution in [0.3, 0.4) is 0 Å². The van der Waals surface area contributed by atoms with Crippen molar-refractivity contribution >= 4 is 10.3 Å². The van der Waals surface area contributed by atoms with E-state index >= 15 is 0 Å². The molecule has 1 nitrogen and oxygen atoms in total. The molecular formula is C24H42OS. The molecule has 1 rings (SSSR count). The number of allylic oxidation sites excluding steroid dienone is 3. The molecule has 0 fully saturated rings. The molecule has 0 radical (unpaired) electrons. The summed E-state index contributed by atoms with van der Waals surface area (Å²) in [5.41, 5.74) is 0. The van der Waals surface area contributed by atoms with Gasteiger partial charge in [-0.2, -0.15) is 0 Å². The van der Waals surface area contributed by atoms with E-state index in [1.54, 1.807) is 0 Å².